The van der Waals surface area contributed by atoms with Crippen LogP contribution in [0.4, 0.5) is 0 Å². The maximum Gasteiger partial charge on any atom is 0.118 e. The van der Waals surface area contributed by atoms with Crippen LogP contribution in [0.2, 0.25) is 0 Å². The second-order valence-electron chi connectivity index (χ2n) is 2.22. The monoisotopic (exact) mass is 212 g/mol. The van der Waals surface area contributed by atoms with Crippen molar-refractivity contribution in [2.24, 2.45) is 0 Å². The molecule has 1 rings (SSSR count). The molecule has 0 aromatic heterocycles. The Morgan fingerprint density at radius 1 is 0.800 bits per heavy atom. The zero-order valence-corrected chi connectivity index (χ0v) is 11.7. The molecule has 0 spiro atoms. The first-order valence-electron chi connectivity index (χ1n) is 5.97. The van der Waals surface area contributed by atoms with Crippen molar-refractivity contribution in [3.05, 3.63) is 29.3 Å². The SMILES string of the molecule is CC.CC.CC.Cc1cccc(O)c1C. The second-order valence-corrected chi connectivity index (χ2v) is 2.22. The summed E-state index contributed by atoms with van der Waals surface area (Å²) >= 11 is 0. The van der Waals surface area contributed by atoms with E-state index in [0.717, 1.165) is 11.1 Å². The van der Waals surface area contributed by atoms with Crippen LogP contribution in [0.15, 0.2) is 18.2 Å². The predicted molar refractivity (Wildman–Crippen MR) is 71.6 cm³/mol. The summed E-state index contributed by atoms with van der Waals surface area (Å²) in [7, 11) is 0. The van der Waals surface area contributed by atoms with Gasteiger partial charge in [-0.3, -0.25) is 0 Å². The third kappa shape index (κ3) is 9.33. The molecular formula is C14H28O. The molecule has 0 heterocycles. The molecule has 1 aromatic rings. The second kappa shape index (κ2) is 15.5. The van der Waals surface area contributed by atoms with Crippen molar-refractivity contribution in [1.82, 2.24) is 0 Å². The van der Waals surface area contributed by atoms with E-state index in [0.29, 0.717) is 5.75 Å². The lowest BCUT2D eigenvalue weighted by atomic mass is 10.1. The van der Waals surface area contributed by atoms with Gasteiger partial charge in [0, 0.05) is 0 Å². The predicted octanol–water partition coefficient (Wildman–Crippen LogP) is 5.09. The van der Waals surface area contributed by atoms with E-state index in [9.17, 15) is 0 Å². The highest BCUT2D eigenvalue weighted by Crippen LogP contribution is 2.17. The summed E-state index contributed by atoms with van der Waals surface area (Å²) in [6.07, 6.45) is 0. The molecule has 1 heteroatoms. The fourth-order valence-electron chi connectivity index (χ4n) is 0.736. The first-order chi connectivity index (χ1) is 7.22. The molecule has 0 aliphatic heterocycles. The van der Waals surface area contributed by atoms with E-state index < -0.39 is 0 Å². The zero-order chi connectivity index (χ0) is 12.9. The van der Waals surface area contributed by atoms with Crippen LogP contribution < -0.4 is 0 Å². The Labute approximate surface area is 96.2 Å². The van der Waals surface area contributed by atoms with Gasteiger partial charge in [0.25, 0.3) is 0 Å². The highest BCUT2D eigenvalue weighted by Gasteiger charge is 1.94. The van der Waals surface area contributed by atoms with E-state index in [1.165, 1.54) is 0 Å². The Kier molecular flexibility index (Phi) is 20.2. The van der Waals surface area contributed by atoms with E-state index >= 15 is 0 Å². The van der Waals surface area contributed by atoms with Gasteiger partial charge in [-0.05, 0) is 31.0 Å². The van der Waals surface area contributed by atoms with Crippen LogP contribution in [-0.4, -0.2) is 5.11 Å². The van der Waals surface area contributed by atoms with Crippen LogP contribution in [-0.2, 0) is 0 Å². The number of phenols is 1. The minimum Gasteiger partial charge on any atom is -0.508 e. The lowest BCUT2D eigenvalue weighted by molar-refractivity contribution is 0.470. The smallest absolute Gasteiger partial charge is 0.118 e. The van der Waals surface area contributed by atoms with Gasteiger partial charge in [-0.2, -0.15) is 0 Å². The van der Waals surface area contributed by atoms with E-state index in [4.69, 9.17) is 5.11 Å². The zero-order valence-electron chi connectivity index (χ0n) is 11.7. The van der Waals surface area contributed by atoms with Gasteiger partial charge in [-0.25, -0.2) is 0 Å². The summed E-state index contributed by atoms with van der Waals surface area (Å²) in [6, 6.07) is 5.52. The summed E-state index contributed by atoms with van der Waals surface area (Å²) in [4.78, 5) is 0. The average molecular weight is 212 g/mol. The van der Waals surface area contributed by atoms with Crippen molar-refractivity contribution in [1.29, 1.82) is 0 Å². The van der Waals surface area contributed by atoms with Crippen LogP contribution in [0, 0.1) is 13.8 Å². The molecule has 15 heavy (non-hydrogen) atoms. The maximum absolute atomic E-state index is 9.10. The van der Waals surface area contributed by atoms with Gasteiger partial charge in [0.05, 0.1) is 0 Å². The molecule has 0 bridgehead atoms. The van der Waals surface area contributed by atoms with Crippen molar-refractivity contribution < 1.29 is 5.11 Å². The molecule has 0 saturated heterocycles. The first kappa shape index (κ1) is 19.6. The third-order valence-corrected chi connectivity index (χ3v) is 1.58. The first-order valence-corrected chi connectivity index (χ1v) is 5.97. The Bertz CT molecular complexity index is 196. The molecule has 0 aliphatic carbocycles. The van der Waals surface area contributed by atoms with Gasteiger partial charge in [0.2, 0.25) is 0 Å². The molecule has 1 nitrogen and oxygen atoms in total. The fourth-order valence-corrected chi connectivity index (χ4v) is 0.736. The Balaban J connectivity index is -0.000000208. The standard InChI is InChI=1S/C8H10O.3C2H6/c1-6-4-3-5-8(9)7(6)2;3*1-2/h3-5,9H,1-2H3;3*1-2H3. The van der Waals surface area contributed by atoms with Gasteiger partial charge in [0.1, 0.15) is 5.75 Å². The van der Waals surface area contributed by atoms with E-state index in [2.05, 4.69) is 0 Å². The number of hydrogen-bond donors (Lipinski definition) is 1. The van der Waals surface area contributed by atoms with Crippen LogP contribution in [0.25, 0.3) is 0 Å². The van der Waals surface area contributed by atoms with Crippen LogP contribution in [0.1, 0.15) is 52.7 Å². The number of benzene rings is 1. The fraction of sp³-hybridized carbons (Fsp3) is 0.571. The van der Waals surface area contributed by atoms with E-state index in [-0.39, 0.29) is 0 Å². The minimum atomic E-state index is 0.384. The van der Waals surface area contributed by atoms with E-state index in [1.54, 1.807) is 6.07 Å². The maximum atomic E-state index is 9.10. The summed E-state index contributed by atoms with van der Waals surface area (Å²) in [5, 5.41) is 9.10. The van der Waals surface area contributed by atoms with Gasteiger partial charge < -0.3 is 5.11 Å². The molecule has 1 N–H and O–H groups in total. The molecule has 0 saturated carbocycles. The van der Waals surface area contributed by atoms with E-state index in [1.807, 2.05) is 67.5 Å². The summed E-state index contributed by atoms with van der Waals surface area (Å²) in [6.45, 7) is 15.9. The molecule has 0 fully saturated rings. The summed E-state index contributed by atoms with van der Waals surface area (Å²) in [5.74, 6) is 0.384. The minimum absolute atomic E-state index is 0.384. The Morgan fingerprint density at radius 3 is 1.47 bits per heavy atom. The molecule has 0 amide bonds. The average Bonchev–Trinajstić information content (AvgIpc) is 2.34. The van der Waals surface area contributed by atoms with Crippen molar-refractivity contribution in [2.75, 3.05) is 0 Å². The van der Waals surface area contributed by atoms with Crippen LogP contribution in [0.3, 0.4) is 0 Å². The topological polar surface area (TPSA) is 20.2 Å². The molecule has 0 radical (unpaired) electrons. The molecule has 90 valence electrons. The largest absolute Gasteiger partial charge is 0.508 e. The van der Waals surface area contributed by atoms with Crippen molar-refractivity contribution in [2.45, 2.75) is 55.4 Å². The van der Waals surface area contributed by atoms with Crippen molar-refractivity contribution in [3.8, 4) is 5.75 Å². The molecule has 0 atom stereocenters. The lowest BCUT2D eigenvalue weighted by Crippen LogP contribution is -1.78. The van der Waals surface area contributed by atoms with Crippen molar-refractivity contribution >= 4 is 0 Å². The number of phenolic OH excluding ortho intramolecular Hbond substituents is 1. The Morgan fingerprint density at radius 2 is 1.20 bits per heavy atom. The number of hydrogen-bond acceptors (Lipinski definition) is 1. The van der Waals surface area contributed by atoms with Crippen LogP contribution in [0.5, 0.6) is 5.75 Å². The highest BCUT2D eigenvalue weighted by molar-refractivity contribution is 5.36. The number of rotatable bonds is 0. The lowest BCUT2D eigenvalue weighted by Gasteiger charge is -1.99. The molecule has 1 aromatic carbocycles. The highest BCUT2D eigenvalue weighted by atomic mass is 16.3. The third-order valence-electron chi connectivity index (χ3n) is 1.58. The number of aryl methyl sites for hydroxylation is 1. The molecule has 0 aliphatic rings. The van der Waals surface area contributed by atoms with Crippen LogP contribution >= 0.6 is 0 Å². The normalized spacial score (nSPS) is 6.93. The van der Waals surface area contributed by atoms with Gasteiger partial charge in [-0.1, -0.05) is 53.7 Å². The summed E-state index contributed by atoms with van der Waals surface area (Å²) < 4.78 is 0. The summed E-state index contributed by atoms with van der Waals surface area (Å²) in [5.41, 5.74) is 2.10. The Hall–Kier alpha value is -0.980. The quantitative estimate of drug-likeness (QED) is 0.635. The van der Waals surface area contributed by atoms with Gasteiger partial charge in [0.15, 0.2) is 0 Å². The van der Waals surface area contributed by atoms with Crippen molar-refractivity contribution in [3.63, 3.8) is 0 Å². The van der Waals surface area contributed by atoms with Gasteiger partial charge >= 0.3 is 0 Å². The molecular weight excluding hydrogens is 184 g/mol. The molecule has 0 unspecified atom stereocenters. The van der Waals surface area contributed by atoms with Gasteiger partial charge in [-0.15, -0.1) is 0 Å². The number of aromatic hydroxyl groups is 1.